The lowest BCUT2D eigenvalue weighted by Crippen LogP contribution is -2.38. The fraction of sp³-hybridized carbons (Fsp3) is 0.378. The molecule has 7 heteroatoms. The van der Waals surface area contributed by atoms with E-state index in [1.165, 1.54) is 21.0 Å². The molecule has 3 aromatic carbocycles. The minimum atomic E-state index is -0.946. The molecule has 1 aliphatic carbocycles. The summed E-state index contributed by atoms with van der Waals surface area (Å²) in [5, 5.41) is 0. The van der Waals surface area contributed by atoms with E-state index in [9.17, 15) is 14.4 Å². The molecular weight excluding hydrogens is 556 g/mol. The monoisotopic (exact) mass is 598 g/mol. The summed E-state index contributed by atoms with van der Waals surface area (Å²) in [6.07, 6.45) is 5.89. The Balaban J connectivity index is 1.69. The van der Waals surface area contributed by atoms with Crippen molar-refractivity contribution in [2.45, 2.75) is 63.8 Å². The second-order valence-corrected chi connectivity index (χ2v) is 11.1. The van der Waals surface area contributed by atoms with Gasteiger partial charge in [0.25, 0.3) is 0 Å². The number of unbranched alkanes of at least 4 members (excludes halogenated alkanes) is 1. The molecule has 0 aliphatic heterocycles. The lowest BCUT2D eigenvalue weighted by atomic mass is 9.79. The molecule has 1 aliphatic rings. The summed E-state index contributed by atoms with van der Waals surface area (Å²) in [4.78, 5) is 35.9. The van der Waals surface area contributed by atoms with Gasteiger partial charge in [-0.3, -0.25) is 14.4 Å². The number of hydrogen-bond acceptors (Lipinski definition) is 7. The lowest BCUT2D eigenvalue weighted by Gasteiger charge is -2.38. The molecule has 7 nitrogen and oxygen atoms in total. The highest BCUT2D eigenvalue weighted by Gasteiger charge is 2.48. The van der Waals surface area contributed by atoms with Crippen molar-refractivity contribution in [1.82, 2.24) is 0 Å². The van der Waals surface area contributed by atoms with E-state index in [-0.39, 0.29) is 36.4 Å². The number of benzene rings is 3. The number of methoxy groups -OCH3 is 1. The number of hydrogen-bond donors (Lipinski definition) is 0. The topological polar surface area (TPSA) is 88.1 Å². The molecule has 0 amide bonds. The van der Waals surface area contributed by atoms with Gasteiger partial charge in [0.15, 0.2) is 0 Å². The number of carbonyl (C=O) groups is 3. The summed E-state index contributed by atoms with van der Waals surface area (Å²) in [6, 6.07) is 30.3. The van der Waals surface area contributed by atoms with E-state index in [1.54, 1.807) is 0 Å². The zero-order valence-corrected chi connectivity index (χ0v) is 25.7. The molecule has 232 valence electrons. The summed E-state index contributed by atoms with van der Waals surface area (Å²) in [5.74, 6) is -1.40. The number of esters is 3. The maximum atomic E-state index is 12.2. The second kappa shape index (κ2) is 16.0. The van der Waals surface area contributed by atoms with Crippen LogP contribution in [0.15, 0.2) is 103 Å². The second-order valence-electron chi connectivity index (χ2n) is 11.1. The van der Waals surface area contributed by atoms with E-state index in [0.29, 0.717) is 32.1 Å². The Labute approximate surface area is 260 Å². The molecule has 44 heavy (non-hydrogen) atoms. The van der Waals surface area contributed by atoms with Crippen molar-refractivity contribution in [2.75, 3.05) is 13.7 Å². The van der Waals surface area contributed by atoms with E-state index in [0.717, 1.165) is 16.7 Å². The summed E-state index contributed by atoms with van der Waals surface area (Å²) in [6.45, 7) is 3.04. The van der Waals surface area contributed by atoms with Crippen molar-refractivity contribution >= 4 is 17.9 Å². The minimum absolute atomic E-state index is 0.153. The number of carbonyl (C=O) groups excluding carboxylic acids is 3. The van der Waals surface area contributed by atoms with Gasteiger partial charge in [-0.2, -0.15) is 0 Å². The molecule has 1 fully saturated rings. The van der Waals surface area contributed by atoms with Gasteiger partial charge in [-0.1, -0.05) is 103 Å². The predicted octanol–water partition coefficient (Wildman–Crippen LogP) is 6.78. The smallest absolute Gasteiger partial charge is 0.305 e. The van der Waals surface area contributed by atoms with Gasteiger partial charge in [0.2, 0.25) is 0 Å². The van der Waals surface area contributed by atoms with Gasteiger partial charge >= 0.3 is 17.9 Å². The molecule has 0 bridgehead atoms. The van der Waals surface area contributed by atoms with Gasteiger partial charge in [0.05, 0.1) is 13.7 Å². The van der Waals surface area contributed by atoms with Gasteiger partial charge in [0.1, 0.15) is 17.8 Å². The maximum Gasteiger partial charge on any atom is 0.305 e. The van der Waals surface area contributed by atoms with Crippen LogP contribution in [-0.2, 0) is 38.9 Å². The molecule has 0 spiro atoms. The average molecular weight is 599 g/mol. The van der Waals surface area contributed by atoms with Crippen LogP contribution in [0.1, 0.15) is 62.6 Å². The number of rotatable bonds is 14. The van der Waals surface area contributed by atoms with Crippen molar-refractivity contribution in [3.63, 3.8) is 0 Å². The third kappa shape index (κ3) is 8.23. The highest BCUT2D eigenvalue weighted by Crippen LogP contribution is 2.44. The Morgan fingerprint density at radius 2 is 1.20 bits per heavy atom. The molecule has 0 saturated heterocycles. The first-order chi connectivity index (χ1) is 21.3. The van der Waals surface area contributed by atoms with Gasteiger partial charge < -0.3 is 18.9 Å². The van der Waals surface area contributed by atoms with Crippen LogP contribution in [0.3, 0.4) is 0 Å². The third-order valence-electron chi connectivity index (χ3n) is 8.19. The molecule has 0 unspecified atom stereocenters. The van der Waals surface area contributed by atoms with E-state index in [1.807, 2.05) is 60.7 Å². The molecule has 0 radical (unpaired) electrons. The van der Waals surface area contributed by atoms with Crippen molar-refractivity contribution in [3.05, 3.63) is 120 Å². The first-order valence-electron chi connectivity index (χ1n) is 15.2. The lowest BCUT2D eigenvalue weighted by molar-refractivity contribution is -0.150. The molecule has 0 heterocycles. The summed E-state index contributed by atoms with van der Waals surface area (Å²) < 4.78 is 23.5. The van der Waals surface area contributed by atoms with Crippen LogP contribution < -0.4 is 0 Å². The Kier molecular flexibility index (Phi) is 11.9. The van der Waals surface area contributed by atoms with E-state index in [4.69, 9.17) is 18.9 Å². The average Bonchev–Trinajstić information content (AvgIpc) is 3.34. The van der Waals surface area contributed by atoms with Crippen LogP contribution in [0.2, 0.25) is 0 Å². The predicted molar refractivity (Wildman–Crippen MR) is 167 cm³/mol. The van der Waals surface area contributed by atoms with Crippen LogP contribution in [0.25, 0.3) is 0 Å². The fourth-order valence-electron chi connectivity index (χ4n) is 6.21. The Bertz CT molecular complexity index is 1270. The summed E-state index contributed by atoms with van der Waals surface area (Å²) in [7, 11) is 1.39. The SMILES string of the molecule is COC(=O)CCC/C=C\C[C@@H]1[C@@H](COC(c2ccccc2)(c2ccccc2)c2ccccc2)[C@H](OC(C)=O)C[C@@H]1OC(C)=O. The number of ether oxygens (including phenoxy) is 4. The largest absolute Gasteiger partial charge is 0.469 e. The normalized spacial score (nSPS) is 19.9. The van der Waals surface area contributed by atoms with Crippen molar-refractivity contribution in [2.24, 2.45) is 11.8 Å². The minimum Gasteiger partial charge on any atom is -0.469 e. The van der Waals surface area contributed by atoms with E-state index in [2.05, 4.69) is 42.5 Å². The maximum absolute atomic E-state index is 12.2. The van der Waals surface area contributed by atoms with Gasteiger partial charge in [-0.15, -0.1) is 0 Å². The quantitative estimate of drug-likeness (QED) is 0.0664. The number of allylic oxidation sites excluding steroid dienone is 2. The first kappa shape index (κ1) is 32.7. The zero-order chi connectivity index (χ0) is 31.4. The fourth-order valence-corrected chi connectivity index (χ4v) is 6.21. The van der Waals surface area contributed by atoms with Crippen LogP contribution in [0.4, 0.5) is 0 Å². The van der Waals surface area contributed by atoms with Crippen LogP contribution in [0.5, 0.6) is 0 Å². The van der Waals surface area contributed by atoms with Crippen molar-refractivity contribution in [1.29, 1.82) is 0 Å². The Morgan fingerprint density at radius 3 is 1.66 bits per heavy atom. The Morgan fingerprint density at radius 1 is 0.727 bits per heavy atom. The first-order valence-corrected chi connectivity index (χ1v) is 15.2. The van der Waals surface area contributed by atoms with E-state index >= 15 is 0 Å². The molecule has 1 saturated carbocycles. The highest BCUT2D eigenvalue weighted by molar-refractivity contribution is 5.69. The summed E-state index contributed by atoms with van der Waals surface area (Å²) in [5.41, 5.74) is 1.97. The molecule has 0 N–H and O–H groups in total. The van der Waals surface area contributed by atoms with Gasteiger partial charge in [0, 0.05) is 38.5 Å². The Hall–Kier alpha value is -4.23. The molecule has 0 aromatic heterocycles. The zero-order valence-electron chi connectivity index (χ0n) is 25.7. The van der Waals surface area contributed by atoms with Crippen molar-refractivity contribution < 1.29 is 33.3 Å². The highest BCUT2D eigenvalue weighted by atomic mass is 16.6. The van der Waals surface area contributed by atoms with E-state index < -0.39 is 17.8 Å². The van der Waals surface area contributed by atoms with Crippen molar-refractivity contribution in [3.8, 4) is 0 Å². The van der Waals surface area contributed by atoms with Gasteiger partial charge in [-0.05, 0) is 36.0 Å². The van der Waals surface area contributed by atoms with Gasteiger partial charge in [-0.25, -0.2) is 0 Å². The molecule has 3 aromatic rings. The van der Waals surface area contributed by atoms with Crippen LogP contribution in [-0.4, -0.2) is 43.8 Å². The molecule has 4 rings (SSSR count). The van der Waals surface area contributed by atoms with Crippen LogP contribution in [0, 0.1) is 11.8 Å². The molecular formula is C37H42O7. The standard InChI is InChI=1S/C37H42O7/c1-27(38)43-34-25-35(44-28(2)39)33(32(34)23-15-4-5-16-24-36(40)41-3)26-42-37(29-17-9-6-10-18-29,30-19-11-7-12-20-30)31-21-13-8-14-22-31/h4,6-15,17-22,32-35H,5,16,23-26H2,1-3H3/b15-4-/t32-,33-,34+,35-/m1/s1. The molecule has 4 atom stereocenters. The summed E-state index contributed by atoms with van der Waals surface area (Å²) >= 11 is 0. The van der Waals surface area contributed by atoms with Crippen LogP contribution >= 0.6 is 0 Å². The third-order valence-corrected chi connectivity index (χ3v) is 8.19.